The number of hydrogen-bond acceptors (Lipinski definition) is 3. The first-order valence-electron chi connectivity index (χ1n) is 8.19. The summed E-state index contributed by atoms with van der Waals surface area (Å²) < 4.78 is 0. The molecule has 1 saturated carbocycles. The van der Waals surface area contributed by atoms with Gasteiger partial charge in [-0.3, -0.25) is 9.69 Å². The number of hydrogen-bond donors (Lipinski definition) is 2. The van der Waals surface area contributed by atoms with E-state index in [-0.39, 0.29) is 11.9 Å². The molecule has 5 heteroatoms. The fourth-order valence-corrected chi connectivity index (χ4v) is 3.13. The molecule has 1 atom stereocenters. The number of amides is 1. The number of carbonyl (C=O) groups is 1. The Balaban J connectivity index is 1.47. The molecule has 1 aromatic carbocycles. The number of anilines is 1. The summed E-state index contributed by atoms with van der Waals surface area (Å²) in [6.45, 7) is 3.91. The van der Waals surface area contributed by atoms with E-state index < -0.39 is 0 Å². The lowest BCUT2D eigenvalue weighted by Crippen LogP contribution is -2.50. The highest BCUT2D eigenvalue weighted by molar-refractivity contribution is 6.33. The van der Waals surface area contributed by atoms with E-state index in [2.05, 4.69) is 15.5 Å². The fraction of sp³-hybridized carbons (Fsp3) is 0.588. The van der Waals surface area contributed by atoms with Gasteiger partial charge >= 0.3 is 0 Å². The number of piperidine rings is 1. The van der Waals surface area contributed by atoms with Crippen molar-refractivity contribution in [1.82, 2.24) is 10.2 Å². The molecule has 0 unspecified atom stereocenters. The Bertz CT molecular complexity index is 524. The Kier molecular flexibility index (Phi) is 4.89. The van der Waals surface area contributed by atoms with E-state index in [4.69, 9.17) is 11.6 Å². The number of rotatable bonds is 5. The van der Waals surface area contributed by atoms with Crippen molar-refractivity contribution in [1.29, 1.82) is 0 Å². The van der Waals surface area contributed by atoms with Crippen LogP contribution in [0.5, 0.6) is 0 Å². The highest BCUT2D eigenvalue weighted by atomic mass is 35.5. The van der Waals surface area contributed by atoms with Gasteiger partial charge in [0, 0.05) is 25.2 Å². The van der Waals surface area contributed by atoms with E-state index >= 15 is 0 Å². The van der Waals surface area contributed by atoms with Crippen LogP contribution in [-0.4, -0.2) is 42.0 Å². The Labute approximate surface area is 137 Å². The minimum Gasteiger partial charge on any atom is -0.381 e. The molecule has 0 radical (unpaired) electrons. The van der Waals surface area contributed by atoms with Gasteiger partial charge in [-0.2, -0.15) is 0 Å². The molecule has 0 aromatic heterocycles. The summed E-state index contributed by atoms with van der Waals surface area (Å²) in [5.41, 5.74) is 1.00. The molecule has 120 valence electrons. The average molecular weight is 322 g/mol. The maximum Gasteiger partial charge on any atom is 0.237 e. The molecule has 2 aliphatic rings. The van der Waals surface area contributed by atoms with Crippen molar-refractivity contribution in [3.8, 4) is 0 Å². The van der Waals surface area contributed by atoms with E-state index in [0.717, 1.165) is 49.5 Å². The molecule has 2 N–H and O–H groups in total. The number of halogens is 1. The monoisotopic (exact) mass is 321 g/mol. The van der Waals surface area contributed by atoms with Crippen molar-refractivity contribution in [3.05, 3.63) is 29.3 Å². The number of nitrogens with one attached hydrogen (secondary N) is 2. The first-order chi connectivity index (χ1) is 10.6. The second-order valence-corrected chi connectivity index (χ2v) is 6.80. The molecule has 3 rings (SSSR count). The number of benzene rings is 1. The molecule has 1 aliphatic carbocycles. The van der Waals surface area contributed by atoms with Gasteiger partial charge in [0.1, 0.15) is 0 Å². The highest BCUT2D eigenvalue weighted by Gasteiger charge is 2.30. The van der Waals surface area contributed by atoms with Gasteiger partial charge in [-0.25, -0.2) is 0 Å². The van der Waals surface area contributed by atoms with E-state index in [9.17, 15) is 4.79 Å². The first kappa shape index (κ1) is 15.6. The van der Waals surface area contributed by atoms with Crippen LogP contribution in [0.25, 0.3) is 0 Å². The molecule has 22 heavy (non-hydrogen) atoms. The maximum absolute atomic E-state index is 12.1. The van der Waals surface area contributed by atoms with Crippen molar-refractivity contribution >= 4 is 23.2 Å². The Hall–Kier alpha value is -1.26. The number of carbonyl (C=O) groups excluding carboxylic acids is 1. The third kappa shape index (κ3) is 3.93. The first-order valence-corrected chi connectivity index (χ1v) is 8.57. The molecule has 0 bridgehead atoms. The minimum absolute atomic E-state index is 0.0261. The zero-order chi connectivity index (χ0) is 15.5. The van der Waals surface area contributed by atoms with Gasteiger partial charge in [0.2, 0.25) is 5.91 Å². The summed E-state index contributed by atoms with van der Waals surface area (Å²) in [6.07, 6.45) is 4.35. The van der Waals surface area contributed by atoms with Crippen molar-refractivity contribution in [2.75, 3.05) is 18.4 Å². The molecule has 0 spiro atoms. The molecular formula is C17H24ClN3O. The highest BCUT2D eigenvalue weighted by Crippen LogP contribution is 2.25. The Morgan fingerprint density at radius 3 is 2.50 bits per heavy atom. The minimum atomic E-state index is -0.0261. The lowest BCUT2D eigenvalue weighted by Gasteiger charge is -2.36. The second kappa shape index (κ2) is 6.88. The second-order valence-electron chi connectivity index (χ2n) is 6.39. The predicted molar refractivity (Wildman–Crippen MR) is 90.3 cm³/mol. The van der Waals surface area contributed by atoms with Crippen molar-refractivity contribution in [2.24, 2.45) is 0 Å². The Morgan fingerprint density at radius 1 is 1.18 bits per heavy atom. The van der Waals surface area contributed by atoms with Crippen LogP contribution in [0.15, 0.2) is 24.3 Å². The number of nitrogens with zero attached hydrogens (tertiary/aromatic N) is 1. The van der Waals surface area contributed by atoms with Crippen molar-refractivity contribution < 1.29 is 4.79 Å². The molecule has 1 saturated heterocycles. The predicted octanol–water partition coefficient (Wildman–Crippen LogP) is 2.88. The summed E-state index contributed by atoms with van der Waals surface area (Å²) in [6, 6.07) is 8.69. The van der Waals surface area contributed by atoms with E-state index in [1.54, 1.807) is 0 Å². The van der Waals surface area contributed by atoms with E-state index in [1.165, 1.54) is 0 Å². The van der Waals surface area contributed by atoms with Crippen LogP contribution in [0.2, 0.25) is 5.02 Å². The quantitative estimate of drug-likeness (QED) is 0.876. The summed E-state index contributed by atoms with van der Waals surface area (Å²) in [5.74, 6) is 0.181. The zero-order valence-electron chi connectivity index (χ0n) is 13.0. The van der Waals surface area contributed by atoms with Gasteiger partial charge in [0.05, 0.1) is 16.8 Å². The van der Waals surface area contributed by atoms with Gasteiger partial charge in [0.15, 0.2) is 0 Å². The van der Waals surface area contributed by atoms with Gasteiger partial charge in [-0.15, -0.1) is 0 Å². The van der Waals surface area contributed by atoms with E-state index in [1.807, 2.05) is 31.2 Å². The third-order valence-corrected chi connectivity index (χ3v) is 4.94. The standard InChI is InChI=1S/C17H24ClN3O/c1-12(17(22)20-13-6-7-13)21-10-8-14(9-11-21)19-16-5-3-2-4-15(16)18/h2-5,12-14,19H,6-11H2,1H3,(H,20,22)/t12-/m0/s1. The lowest BCUT2D eigenvalue weighted by molar-refractivity contribution is -0.126. The largest absolute Gasteiger partial charge is 0.381 e. The van der Waals surface area contributed by atoms with Gasteiger partial charge in [-0.1, -0.05) is 23.7 Å². The summed E-state index contributed by atoms with van der Waals surface area (Å²) in [7, 11) is 0. The normalized spacial score (nSPS) is 21.4. The zero-order valence-corrected chi connectivity index (χ0v) is 13.8. The Morgan fingerprint density at radius 2 is 1.86 bits per heavy atom. The summed E-state index contributed by atoms with van der Waals surface area (Å²) >= 11 is 6.19. The number of likely N-dealkylation sites (tertiary alicyclic amines) is 1. The molecule has 1 amide bonds. The summed E-state index contributed by atoms with van der Waals surface area (Å²) in [5, 5.41) is 7.38. The van der Waals surface area contributed by atoms with E-state index in [0.29, 0.717) is 12.1 Å². The van der Waals surface area contributed by atoms with Gasteiger partial charge in [-0.05, 0) is 44.7 Å². The van der Waals surface area contributed by atoms with Crippen LogP contribution in [0, 0.1) is 0 Å². The third-order valence-electron chi connectivity index (χ3n) is 4.61. The SMILES string of the molecule is C[C@@H](C(=O)NC1CC1)N1CCC(Nc2ccccc2Cl)CC1. The fourth-order valence-electron chi connectivity index (χ4n) is 2.94. The molecule has 1 heterocycles. The van der Waals surface area contributed by atoms with Crippen LogP contribution in [0.4, 0.5) is 5.69 Å². The molecular weight excluding hydrogens is 298 g/mol. The molecule has 1 aliphatic heterocycles. The molecule has 4 nitrogen and oxygen atoms in total. The summed E-state index contributed by atoms with van der Waals surface area (Å²) in [4.78, 5) is 14.4. The van der Waals surface area contributed by atoms with Crippen LogP contribution in [0.1, 0.15) is 32.6 Å². The van der Waals surface area contributed by atoms with Crippen molar-refractivity contribution in [2.45, 2.75) is 50.7 Å². The lowest BCUT2D eigenvalue weighted by atomic mass is 10.0. The van der Waals surface area contributed by atoms with Gasteiger partial charge < -0.3 is 10.6 Å². The van der Waals surface area contributed by atoms with Crippen LogP contribution < -0.4 is 10.6 Å². The maximum atomic E-state index is 12.1. The topological polar surface area (TPSA) is 44.4 Å². The molecule has 1 aromatic rings. The average Bonchev–Trinajstić information content (AvgIpc) is 3.33. The van der Waals surface area contributed by atoms with Crippen LogP contribution in [-0.2, 0) is 4.79 Å². The number of para-hydroxylation sites is 1. The van der Waals surface area contributed by atoms with Crippen molar-refractivity contribution in [3.63, 3.8) is 0 Å². The van der Waals surface area contributed by atoms with Gasteiger partial charge in [0.25, 0.3) is 0 Å². The van der Waals surface area contributed by atoms with Crippen LogP contribution >= 0.6 is 11.6 Å². The van der Waals surface area contributed by atoms with Crippen LogP contribution in [0.3, 0.4) is 0 Å². The molecule has 2 fully saturated rings. The smallest absolute Gasteiger partial charge is 0.237 e.